The molecule has 0 saturated heterocycles. The van der Waals surface area contributed by atoms with Crippen LogP contribution in [-0.4, -0.2) is 18.2 Å². The van der Waals surface area contributed by atoms with E-state index in [1.54, 1.807) is 24.3 Å². The highest BCUT2D eigenvalue weighted by Crippen LogP contribution is 2.48. The van der Waals surface area contributed by atoms with E-state index in [4.69, 9.17) is 4.74 Å². The third-order valence-corrected chi connectivity index (χ3v) is 4.73. The van der Waals surface area contributed by atoms with Crippen molar-refractivity contribution in [3.8, 4) is 5.75 Å². The number of allylic oxidation sites excluding steroid dienone is 2. The van der Waals surface area contributed by atoms with Crippen molar-refractivity contribution in [2.24, 2.45) is 0 Å². The summed E-state index contributed by atoms with van der Waals surface area (Å²) in [5.41, 5.74) is 3.32. The van der Waals surface area contributed by atoms with Gasteiger partial charge in [-0.3, -0.25) is 4.79 Å². The van der Waals surface area contributed by atoms with Crippen LogP contribution in [0.5, 0.6) is 5.75 Å². The SMILES string of the molecule is CCC1=C(CC(=O)O)c2c(OC)cccc2/C1=C\c1cccc(C(F)(F)F)c1. The van der Waals surface area contributed by atoms with Crippen molar-refractivity contribution < 1.29 is 27.8 Å². The Morgan fingerprint density at radius 3 is 2.46 bits per heavy atom. The van der Waals surface area contributed by atoms with Gasteiger partial charge in [0.2, 0.25) is 0 Å². The highest BCUT2D eigenvalue weighted by molar-refractivity contribution is 6.09. The molecule has 0 saturated carbocycles. The molecule has 0 fully saturated rings. The van der Waals surface area contributed by atoms with Crippen molar-refractivity contribution in [3.05, 3.63) is 70.3 Å². The Morgan fingerprint density at radius 1 is 1.14 bits per heavy atom. The van der Waals surface area contributed by atoms with Crippen LogP contribution in [0, 0.1) is 0 Å². The van der Waals surface area contributed by atoms with Crippen molar-refractivity contribution in [2.45, 2.75) is 25.9 Å². The van der Waals surface area contributed by atoms with Crippen LogP contribution in [0.25, 0.3) is 17.2 Å². The summed E-state index contributed by atoms with van der Waals surface area (Å²) < 4.78 is 44.6. The molecule has 6 heteroatoms. The summed E-state index contributed by atoms with van der Waals surface area (Å²) in [4.78, 5) is 11.4. The minimum Gasteiger partial charge on any atom is -0.496 e. The van der Waals surface area contributed by atoms with E-state index < -0.39 is 17.7 Å². The lowest BCUT2D eigenvalue weighted by atomic mass is 9.97. The van der Waals surface area contributed by atoms with E-state index in [-0.39, 0.29) is 6.42 Å². The van der Waals surface area contributed by atoms with Crippen LogP contribution >= 0.6 is 0 Å². The van der Waals surface area contributed by atoms with Gasteiger partial charge in [0.15, 0.2) is 0 Å². The van der Waals surface area contributed by atoms with E-state index in [1.165, 1.54) is 13.2 Å². The van der Waals surface area contributed by atoms with Gasteiger partial charge in [-0.2, -0.15) is 13.2 Å². The van der Waals surface area contributed by atoms with Gasteiger partial charge >= 0.3 is 12.1 Å². The van der Waals surface area contributed by atoms with E-state index in [0.29, 0.717) is 28.9 Å². The van der Waals surface area contributed by atoms with Gasteiger partial charge in [-0.05, 0) is 58.5 Å². The smallest absolute Gasteiger partial charge is 0.416 e. The zero-order chi connectivity index (χ0) is 20.5. The molecule has 0 heterocycles. The fraction of sp³-hybridized carbons (Fsp3) is 0.227. The number of alkyl halides is 3. The Morgan fingerprint density at radius 2 is 1.86 bits per heavy atom. The molecule has 1 aliphatic carbocycles. The van der Waals surface area contributed by atoms with Crippen LogP contribution in [-0.2, 0) is 11.0 Å². The van der Waals surface area contributed by atoms with E-state index in [2.05, 4.69) is 0 Å². The number of hydrogen-bond acceptors (Lipinski definition) is 2. The Bertz CT molecular complexity index is 985. The number of hydrogen-bond donors (Lipinski definition) is 1. The Kier molecular flexibility index (Phi) is 5.31. The zero-order valence-electron chi connectivity index (χ0n) is 15.4. The number of ether oxygens (including phenoxy) is 1. The number of halogens is 3. The Hall–Kier alpha value is -3.02. The molecular formula is C22H19F3O3. The van der Waals surface area contributed by atoms with Crippen molar-refractivity contribution in [3.63, 3.8) is 0 Å². The van der Waals surface area contributed by atoms with Gasteiger partial charge in [0.05, 0.1) is 19.1 Å². The molecule has 0 spiro atoms. The van der Waals surface area contributed by atoms with Crippen LogP contribution in [0.3, 0.4) is 0 Å². The van der Waals surface area contributed by atoms with E-state index in [9.17, 15) is 23.1 Å². The maximum Gasteiger partial charge on any atom is 0.416 e. The molecule has 28 heavy (non-hydrogen) atoms. The minimum absolute atomic E-state index is 0.184. The van der Waals surface area contributed by atoms with Crippen LogP contribution < -0.4 is 4.74 Å². The molecule has 2 aromatic carbocycles. The summed E-state index contributed by atoms with van der Waals surface area (Å²) in [6, 6.07) is 10.5. The van der Waals surface area contributed by atoms with Gasteiger partial charge in [-0.25, -0.2) is 0 Å². The molecule has 0 aromatic heterocycles. The maximum atomic E-state index is 13.1. The van der Waals surface area contributed by atoms with Crippen LogP contribution in [0.15, 0.2) is 48.0 Å². The molecule has 3 nitrogen and oxygen atoms in total. The summed E-state index contributed by atoms with van der Waals surface area (Å²) in [6.07, 6.45) is -2.38. The summed E-state index contributed by atoms with van der Waals surface area (Å²) >= 11 is 0. The van der Waals surface area contributed by atoms with Crippen molar-refractivity contribution in [1.82, 2.24) is 0 Å². The van der Waals surface area contributed by atoms with Gasteiger partial charge in [-0.15, -0.1) is 0 Å². The van der Waals surface area contributed by atoms with Gasteiger partial charge in [-0.1, -0.05) is 31.2 Å². The molecule has 0 amide bonds. The predicted molar refractivity (Wildman–Crippen MR) is 102 cm³/mol. The first-order chi connectivity index (χ1) is 13.3. The maximum absolute atomic E-state index is 13.1. The second kappa shape index (κ2) is 7.54. The van der Waals surface area contributed by atoms with Crippen molar-refractivity contribution in [2.75, 3.05) is 7.11 Å². The summed E-state index contributed by atoms with van der Waals surface area (Å²) in [6.45, 7) is 1.90. The van der Waals surface area contributed by atoms with Crippen molar-refractivity contribution >= 4 is 23.2 Å². The third kappa shape index (κ3) is 3.67. The Labute approximate surface area is 160 Å². The number of carboxylic acid groups (broad SMARTS) is 1. The minimum atomic E-state index is -4.43. The average molecular weight is 388 g/mol. The molecule has 1 aliphatic rings. The number of benzene rings is 2. The highest BCUT2D eigenvalue weighted by atomic mass is 19.4. The first-order valence-electron chi connectivity index (χ1n) is 8.77. The van der Waals surface area contributed by atoms with Gasteiger partial charge in [0, 0.05) is 5.56 Å². The molecule has 3 rings (SSSR count). The van der Waals surface area contributed by atoms with E-state index in [1.807, 2.05) is 13.0 Å². The standard InChI is InChI=1S/C22H19F3O3/c1-3-15-17(11-13-6-4-7-14(10-13)22(23,24)25)16-8-5-9-19(28-2)21(16)18(15)12-20(26)27/h4-11H,3,12H2,1-2H3,(H,26,27)/b17-11-. The average Bonchev–Trinajstić information content (AvgIpc) is 2.93. The van der Waals surface area contributed by atoms with Crippen LogP contribution in [0.4, 0.5) is 13.2 Å². The number of methoxy groups -OCH3 is 1. The van der Waals surface area contributed by atoms with E-state index in [0.717, 1.165) is 28.8 Å². The van der Waals surface area contributed by atoms with Gasteiger partial charge in [0.25, 0.3) is 0 Å². The quantitative estimate of drug-likeness (QED) is 0.693. The number of carboxylic acids is 1. The number of carbonyl (C=O) groups is 1. The van der Waals surface area contributed by atoms with Crippen LogP contribution in [0.2, 0.25) is 0 Å². The second-order valence-electron chi connectivity index (χ2n) is 6.45. The summed E-state index contributed by atoms with van der Waals surface area (Å²) in [5.74, 6) is -0.426. The molecule has 0 atom stereocenters. The fourth-order valence-electron chi connectivity index (χ4n) is 3.60. The van der Waals surface area contributed by atoms with Crippen LogP contribution in [0.1, 0.15) is 42.0 Å². The van der Waals surface area contributed by atoms with E-state index >= 15 is 0 Å². The highest BCUT2D eigenvalue weighted by Gasteiger charge is 2.31. The first kappa shape index (κ1) is 19.7. The largest absolute Gasteiger partial charge is 0.496 e. The molecule has 0 unspecified atom stereocenters. The molecule has 0 radical (unpaired) electrons. The Balaban J connectivity index is 2.22. The molecule has 1 N–H and O–H groups in total. The normalized spacial score (nSPS) is 15.1. The molecule has 0 aliphatic heterocycles. The van der Waals surface area contributed by atoms with Gasteiger partial charge < -0.3 is 9.84 Å². The lowest BCUT2D eigenvalue weighted by Crippen LogP contribution is -2.04. The summed E-state index contributed by atoms with van der Waals surface area (Å²) in [7, 11) is 1.51. The molecule has 0 bridgehead atoms. The summed E-state index contributed by atoms with van der Waals surface area (Å²) in [5, 5.41) is 9.36. The fourth-order valence-corrected chi connectivity index (χ4v) is 3.60. The molecule has 2 aromatic rings. The van der Waals surface area contributed by atoms with Crippen molar-refractivity contribution in [1.29, 1.82) is 0 Å². The predicted octanol–water partition coefficient (Wildman–Crippen LogP) is 5.91. The number of fused-ring (bicyclic) bond motifs is 1. The zero-order valence-corrected chi connectivity index (χ0v) is 15.4. The second-order valence-corrected chi connectivity index (χ2v) is 6.45. The third-order valence-electron chi connectivity index (χ3n) is 4.73. The van der Waals surface area contributed by atoms with Gasteiger partial charge in [0.1, 0.15) is 5.75 Å². The first-order valence-corrected chi connectivity index (χ1v) is 8.77. The lowest BCUT2D eigenvalue weighted by Gasteiger charge is -2.10. The molecule has 146 valence electrons. The number of rotatable bonds is 5. The topological polar surface area (TPSA) is 46.5 Å². The number of aliphatic carboxylic acids is 1. The lowest BCUT2D eigenvalue weighted by molar-refractivity contribution is -0.138. The monoisotopic (exact) mass is 388 g/mol. The molecular weight excluding hydrogens is 369 g/mol.